The predicted molar refractivity (Wildman–Crippen MR) is 77.8 cm³/mol. The van der Waals surface area contributed by atoms with E-state index in [2.05, 4.69) is 5.10 Å². The van der Waals surface area contributed by atoms with E-state index in [9.17, 15) is 0 Å². The van der Waals surface area contributed by atoms with E-state index in [1.807, 2.05) is 13.8 Å². The zero-order chi connectivity index (χ0) is 13.0. The van der Waals surface area contributed by atoms with E-state index in [-0.39, 0.29) is 11.2 Å². The molecule has 0 heterocycles. The van der Waals surface area contributed by atoms with Crippen LogP contribution in [0, 0.1) is 0 Å². The molecule has 0 atom stereocenters. The summed E-state index contributed by atoms with van der Waals surface area (Å²) in [6, 6.07) is 5.27. The molecule has 0 fully saturated rings. The Bertz CT molecular complexity index is 426. The van der Waals surface area contributed by atoms with E-state index in [1.54, 1.807) is 29.4 Å². The molecule has 0 aliphatic rings. The molecule has 1 aromatic carbocycles. The first-order valence-corrected chi connectivity index (χ1v) is 6.15. The fourth-order valence-electron chi connectivity index (χ4n) is 1.22. The molecule has 3 nitrogen and oxygen atoms in total. The van der Waals surface area contributed by atoms with Crippen molar-refractivity contribution >= 4 is 46.7 Å². The van der Waals surface area contributed by atoms with Crippen LogP contribution in [0.4, 0.5) is 0 Å². The molecule has 0 bridgehead atoms. The molecule has 17 heavy (non-hydrogen) atoms. The third-order valence-corrected chi connectivity index (χ3v) is 2.55. The van der Waals surface area contributed by atoms with Gasteiger partial charge in [-0.25, -0.2) is 5.01 Å². The van der Waals surface area contributed by atoms with Gasteiger partial charge in [0.25, 0.3) is 0 Å². The molecule has 1 rings (SSSR count). The standard InChI is InChI=1S/C11H13Cl2N3S/c1-7(2)16(11(14)17)15-6-8-3-9(12)5-10(13)4-8/h3-7H,1-2H3,(H2,14,17)/b15-6+. The quantitative estimate of drug-likeness (QED) is 0.527. The predicted octanol–water partition coefficient (Wildman–Crippen LogP) is 3.28. The molecule has 0 amide bonds. The number of nitrogens with two attached hydrogens (primary N) is 1. The van der Waals surface area contributed by atoms with Crippen molar-refractivity contribution < 1.29 is 0 Å². The number of benzene rings is 1. The number of hydrazone groups is 1. The molecular weight excluding hydrogens is 277 g/mol. The van der Waals surface area contributed by atoms with Crippen molar-refractivity contribution in [3.63, 3.8) is 0 Å². The SMILES string of the molecule is CC(C)N(/N=C/c1cc(Cl)cc(Cl)c1)C(N)=S. The Morgan fingerprint density at radius 2 is 1.88 bits per heavy atom. The van der Waals surface area contributed by atoms with E-state index in [1.165, 1.54) is 0 Å². The Hall–Kier alpha value is -0.840. The molecule has 0 radical (unpaired) electrons. The second-order valence-electron chi connectivity index (χ2n) is 3.72. The minimum Gasteiger partial charge on any atom is -0.375 e. The Balaban J connectivity index is 2.92. The first kappa shape index (κ1) is 14.2. The largest absolute Gasteiger partial charge is 0.375 e. The monoisotopic (exact) mass is 289 g/mol. The number of thiocarbonyl (C=S) groups is 1. The van der Waals surface area contributed by atoms with Crippen LogP contribution in [0.5, 0.6) is 0 Å². The lowest BCUT2D eigenvalue weighted by atomic mass is 10.2. The summed E-state index contributed by atoms with van der Waals surface area (Å²) in [6.45, 7) is 3.89. The van der Waals surface area contributed by atoms with E-state index >= 15 is 0 Å². The van der Waals surface area contributed by atoms with Crippen LogP contribution in [0.1, 0.15) is 19.4 Å². The minimum absolute atomic E-state index is 0.0957. The fraction of sp³-hybridized carbons (Fsp3) is 0.273. The van der Waals surface area contributed by atoms with Crippen LogP contribution in [-0.2, 0) is 0 Å². The van der Waals surface area contributed by atoms with E-state index in [0.717, 1.165) is 5.56 Å². The number of hydrogen-bond acceptors (Lipinski definition) is 2. The topological polar surface area (TPSA) is 41.6 Å². The highest BCUT2D eigenvalue weighted by Crippen LogP contribution is 2.18. The van der Waals surface area contributed by atoms with Crippen molar-refractivity contribution in [1.82, 2.24) is 5.01 Å². The Kier molecular flexibility index (Phi) is 5.18. The first-order chi connectivity index (χ1) is 7.90. The van der Waals surface area contributed by atoms with Gasteiger partial charge in [0, 0.05) is 16.1 Å². The highest BCUT2D eigenvalue weighted by molar-refractivity contribution is 7.80. The lowest BCUT2D eigenvalue weighted by Crippen LogP contribution is -2.36. The van der Waals surface area contributed by atoms with E-state index in [4.69, 9.17) is 41.2 Å². The van der Waals surface area contributed by atoms with Crippen LogP contribution < -0.4 is 5.73 Å². The Labute approximate surface area is 116 Å². The van der Waals surface area contributed by atoms with Crippen LogP contribution in [0.3, 0.4) is 0 Å². The molecular formula is C11H13Cl2N3S. The summed E-state index contributed by atoms with van der Waals surface area (Å²) >= 11 is 16.7. The summed E-state index contributed by atoms with van der Waals surface area (Å²) in [4.78, 5) is 0. The minimum atomic E-state index is 0.0957. The second-order valence-corrected chi connectivity index (χ2v) is 5.02. The van der Waals surface area contributed by atoms with Crippen LogP contribution in [0.25, 0.3) is 0 Å². The summed E-state index contributed by atoms with van der Waals surface area (Å²) in [5.41, 5.74) is 6.35. The van der Waals surface area contributed by atoms with Gasteiger partial charge in [0.05, 0.1) is 6.21 Å². The van der Waals surface area contributed by atoms with Crippen LogP contribution in [0.15, 0.2) is 23.3 Å². The number of hydrogen-bond donors (Lipinski definition) is 1. The smallest absolute Gasteiger partial charge is 0.187 e. The molecule has 6 heteroatoms. The third-order valence-electron chi connectivity index (χ3n) is 1.93. The summed E-state index contributed by atoms with van der Waals surface area (Å²) < 4.78 is 0. The van der Waals surface area contributed by atoms with Crippen molar-refractivity contribution in [1.29, 1.82) is 0 Å². The second kappa shape index (κ2) is 6.19. The maximum absolute atomic E-state index is 5.88. The summed E-state index contributed by atoms with van der Waals surface area (Å²) in [5, 5.41) is 7.09. The fourth-order valence-corrected chi connectivity index (χ4v) is 2.02. The van der Waals surface area contributed by atoms with Gasteiger partial charge in [-0.2, -0.15) is 5.10 Å². The highest BCUT2D eigenvalue weighted by Gasteiger charge is 2.07. The van der Waals surface area contributed by atoms with Crippen molar-refractivity contribution in [3.8, 4) is 0 Å². The Morgan fingerprint density at radius 1 is 1.35 bits per heavy atom. The van der Waals surface area contributed by atoms with Crippen LogP contribution in [0.2, 0.25) is 10.0 Å². The molecule has 0 aliphatic carbocycles. The van der Waals surface area contributed by atoms with Crippen molar-refractivity contribution in [3.05, 3.63) is 33.8 Å². The molecule has 0 saturated heterocycles. The third kappa shape index (κ3) is 4.50. The van der Waals surface area contributed by atoms with E-state index in [0.29, 0.717) is 10.0 Å². The highest BCUT2D eigenvalue weighted by atomic mass is 35.5. The summed E-state index contributed by atoms with van der Waals surface area (Å²) in [5.74, 6) is 0. The average Bonchev–Trinajstić information content (AvgIpc) is 2.14. The van der Waals surface area contributed by atoms with Crippen molar-refractivity contribution in [2.75, 3.05) is 0 Å². The van der Waals surface area contributed by atoms with Crippen LogP contribution >= 0.6 is 35.4 Å². The normalized spacial score (nSPS) is 11.1. The molecule has 2 N–H and O–H groups in total. The van der Waals surface area contributed by atoms with Gasteiger partial charge in [0.2, 0.25) is 0 Å². The van der Waals surface area contributed by atoms with Gasteiger partial charge in [-0.3, -0.25) is 0 Å². The van der Waals surface area contributed by atoms with Crippen molar-refractivity contribution in [2.45, 2.75) is 19.9 Å². The maximum Gasteiger partial charge on any atom is 0.187 e. The molecule has 0 unspecified atom stereocenters. The zero-order valence-corrected chi connectivity index (χ0v) is 11.9. The average molecular weight is 290 g/mol. The number of nitrogens with zero attached hydrogens (tertiary/aromatic N) is 2. The van der Waals surface area contributed by atoms with Gasteiger partial charge < -0.3 is 5.73 Å². The van der Waals surface area contributed by atoms with Gasteiger partial charge >= 0.3 is 0 Å². The molecule has 1 aromatic rings. The van der Waals surface area contributed by atoms with Gasteiger partial charge in [-0.1, -0.05) is 23.2 Å². The molecule has 0 spiro atoms. The molecule has 92 valence electrons. The number of halogens is 2. The lowest BCUT2D eigenvalue weighted by Gasteiger charge is -2.20. The zero-order valence-electron chi connectivity index (χ0n) is 9.52. The molecule has 0 saturated carbocycles. The summed E-state index contributed by atoms with van der Waals surface area (Å²) in [7, 11) is 0. The van der Waals surface area contributed by atoms with Gasteiger partial charge in [0.1, 0.15) is 0 Å². The molecule has 0 aliphatic heterocycles. The lowest BCUT2D eigenvalue weighted by molar-refractivity contribution is 0.373. The van der Waals surface area contributed by atoms with Crippen LogP contribution in [-0.4, -0.2) is 22.4 Å². The van der Waals surface area contributed by atoms with Gasteiger partial charge in [0.15, 0.2) is 5.11 Å². The molecule has 0 aromatic heterocycles. The maximum atomic E-state index is 5.88. The Morgan fingerprint density at radius 3 is 2.29 bits per heavy atom. The van der Waals surface area contributed by atoms with Gasteiger partial charge in [-0.15, -0.1) is 0 Å². The first-order valence-electron chi connectivity index (χ1n) is 4.99. The van der Waals surface area contributed by atoms with Crippen molar-refractivity contribution in [2.24, 2.45) is 10.8 Å². The number of rotatable bonds is 3. The van der Waals surface area contributed by atoms with Gasteiger partial charge in [-0.05, 0) is 49.8 Å². The van der Waals surface area contributed by atoms with E-state index < -0.39 is 0 Å². The summed E-state index contributed by atoms with van der Waals surface area (Å²) in [6.07, 6.45) is 1.62.